The molecule has 15 atom stereocenters. The SMILES string of the molecule is OC[C@H]1O[C@H](OC[C@H]2O[C@H](O)[C@H](O)[C@@H](O)[C@@H]2O[C@H]2O[C@H](CO)[C@@H](O)[C@H](O)[C@H]2O)[C@H](O)[C@@H](O)[C@@H]1O. The molecule has 0 bridgehead atoms. The first-order valence-corrected chi connectivity index (χ1v) is 10.6. The summed E-state index contributed by atoms with van der Waals surface area (Å²) < 4.78 is 26.4. The Morgan fingerprint density at radius 2 is 1.00 bits per heavy atom. The van der Waals surface area contributed by atoms with Gasteiger partial charge in [0.25, 0.3) is 0 Å². The lowest BCUT2D eigenvalue weighted by molar-refractivity contribution is -0.363. The molecule has 0 aromatic heterocycles. The fraction of sp³-hybridized carbons (Fsp3) is 1.00. The van der Waals surface area contributed by atoms with E-state index in [0.29, 0.717) is 0 Å². The van der Waals surface area contributed by atoms with E-state index >= 15 is 0 Å². The number of hydrogen-bond acceptors (Lipinski definition) is 16. The highest BCUT2D eigenvalue weighted by Crippen LogP contribution is 2.30. The predicted molar refractivity (Wildman–Crippen MR) is 101 cm³/mol. The second kappa shape index (κ2) is 11.6. The minimum absolute atomic E-state index is 0.619. The highest BCUT2D eigenvalue weighted by Gasteiger charge is 2.51. The van der Waals surface area contributed by atoms with Gasteiger partial charge in [-0.1, -0.05) is 0 Å². The lowest BCUT2D eigenvalue weighted by atomic mass is 9.97. The molecule has 11 N–H and O–H groups in total. The number of aliphatic hydroxyl groups is 11. The molecule has 0 amide bonds. The van der Waals surface area contributed by atoms with Crippen molar-refractivity contribution >= 4 is 0 Å². The Morgan fingerprint density at radius 3 is 1.53 bits per heavy atom. The van der Waals surface area contributed by atoms with Crippen LogP contribution in [0.2, 0.25) is 0 Å². The molecular weight excluding hydrogens is 472 g/mol. The van der Waals surface area contributed by atoms with Crippen molar-refractivity contribution in [3.05, 3.63) is 0 Å². The van der Waals surface area contributed by atoms with Crippen molar-refractivity contribution in [1.82, 2.24) is 0 Å². The summed E-state index contributed by atoms with van der Waals surface area (Å²) in [7, 11) is 0. The molecule has 0 saturated carbocycles. The molecule has 16 nitrogen and oxygen atoms in total. The summed E-state index contributed by atoms with van der Waals surface area (Å²) in [4.78, 5) is 0. The van der Waals surface area contributed by atoms with E-state index in [-0.39, 0.29) is 0 Å². The van der Waals surface area contributed by atoms with Crippen molar-refractivity contribution in [2.75, 3.05) is 19.8 Å². The molecule has 3 rings (SSSR count). The molecule has 3 heterocycles. The third-order valence-corrected chi connectivity index (χ3v) is 6.07. The maximum Gasteiger partial charge on any atom is 0.187 e. The number of ether oxygens (including phenoxy) is 5. The molecule has 200 valence electrons. The lowest BCUT2D eigenvalue weighted by Gasteiger charge is -2.46. The first-order valence-electron chi connectivity index (χ1n) is 10.6. The third kappa shape index (κ3) is 5.52. The van der Waals surface area contributed by atoms with Crippen molar-refractivity contribution in [1.29, 1.82) is 0 Å². The lowest BCUT2D eigenvalue weighted by Crippen LogP contribution is -2.65. The van der Waals surface area contributed by atoms with Crippen molar-refractivity contribution < 1.29 is 79.9 Å². The molecule has 34 heavy (non-hydrogen) atoms. The fourth-order valence-corrected chi connectivity index (χ4v) is 3.95. The quantitative estimate of drug-likeness (QED) is 0.154. The molecule has 0 aromatic rings. The molecule has 3 aliphatic rings. The van der Waals surface area contributed by atoms with E-state index in [1.54, 1.807) is 0 Å². The zero-order valence-electron chi connectivity index (χ0n) is 17.7. The molecule has 0 unspecified atom stereocenters. The van der Waals surface area contributed by atoms with Crippen LogP contribution in [-0.4, -0.2) is 168 Å². The maximum absolute atomic E-state index is 10.4. The molecular formula is C18H32O16. The van der Waals surface area contributed by atoms with Crippen LogP contribution in [0.4, 0.5) is 0 Å². The van der Waals surface area contributed by atoms with Gasteiger partial charge >= 0.3 is 0 Å². The normalized spacial score (nSPS) is 52.5. The van der Waals surface area contributed by atoms with E-state index in [4.69, 9.17) is 23.7 Å². The summed E-state index contributed by atoms with van der Waals surface area (Å²) in [6.45, 7) is -2.08. The van der Waals surface area contributed by atoms with E-state index in [1.165, 1.54) is 0 Å². The fourth-order valence-electron chi connectivity index (χ4n) is 3.95. The van der Waals surface area contributed by atoms with E-state index in [0.717, 1.165) is 0 Å². The molecule has 3 fully saturated rings. The zero-order chi connectivity index (χ0) is 25.3. The summed E-state index contributed by atoms with van der Waals surface area (Å²) in [6, 6.07) is 0. The summed E-state index contributed by atoms with van der Waals surface area (Å²) >= 11 is 0. The van der Waals surface area contributed by atoms with Crippen LogP contribution >= 0.6 is 0 Å². The molecule has 0 aliphatic carbocycles. The van der Waals surface area contributed by atoms with Crippen LogP contribution in [0.15, 0.2) is 0 Å². The summed E-state index contributed by atoms with van der Waals surface area (Å²) in [6.07, 6.45) is -25.0. The Hall–Kier alpha value is -0.640. The molecule has 3 saturated heterocycles. The van der Waals surface area contributed by atoms with Gasteiger partial charge < -0.3 is 79.9 Å². The van der Waals surface area contributed by atoms with Gasteiger partial charge in [0.2, 0.25) is 0 Å². The Bertz CT molecular complexity index is 637. The van der Waals surface area contributed by atoms with Gasteiger partial charge in [-0.3, -0.25) is 0 Å². The van der Waals surface area contributed by atoms with Crippen LogP contribution in [0, 0.1) is 0 Å². The van der Waals surface area contributed by atoms with Gasteiger partial charge in [-0.25, -0.2) is 0 Å². The van der Waals surface area contributed by atoms with Gasteiger partial charge in [0.05, 0.1) is 19.8 Å². The maximum atomic E-state index is 10.4. The summed E-state index contributed by atoms with van der Waals surface area (Å²) in [5.74, 6) is 0. The first kappa shape index (κ1) is 27.9. The van der Waals surface area contributed by atoms with Gasteiger partial charge in [-0.2, -0.15) is 0 Å². The second-order valence-electron chi connectivity index (χ2n) is 8.37. The van der Waals surface area contributed by atoms with Gasteiger partial charge in [0, 0.05) is 0 Å². The van der Waals surface area contributed by atoms with Gasteiger partial charge in [-0.05, 0) is 0 Å². The van der Waals surface area contributed by atoms with Crippen molar-refractivity contribution in [2.24, 2.45) is 0 Å². The summed E-state index contributed by atoms with van der Waals surface area (Å²) in [5, 5.41) is 109. The number of hydrogen-bond donors (Lipinski definition) is 11. The Labute approximate surface area is 192 Å². The molecule has 0 spiro atoms. The van der Waals surface area contributed by atoms with E-state index < -0.39 is 112 Å². The first-order chi connectivity index (χ1) is 16.0. The Morgan fingerprint density at radius 1 is 0.500 bits per heavy atom. The topological polar surface area (TPSA) is 269 Å². The van der Waals surface area contributed by atoms with Gasteiger partial charge in [-0.15, -0.1) is 0 Å². The van der Waals surface area contributed by atoms with E-state index in [2.05, 4.69) is 0 Å². The largest absolute Gasteiger partial charge is 0.394 e. The standard InChI is InChI=1S/C18H32O16/c19-1-4-7(21)9(23)13(27)17(32-4)30-3-6-15(11(25)12(26)16(29)31-6)34-18-14(28)10(24)8(22)5(2-20)33-18/h4-29H,1-3H2/t4-,5-,6-,7-,8-,9+,10+,11-,12-,13-,14-,15-,16+,17+,18-/m1/s1. The van der Waals surface area contributed by atoms with Crippen LogP contribution in [0.3, 0.4) is 0 Å². The van der Waals surface area contributed by atoms with Gasteiger partial charge in [0.1, 0.15) is 73.2 Å². The third-order valence-electron chi connectivity index (χ3n) is 6.07. The molecule has 16 heteroatoms. The minimum atomic E-state index is -1.91. The van der Waals surface area contributed by atoms with Crippen LogP contribution in [-0.2, 0) is 23.7 Å². The van der Waals surface area contributed by atoms with Crippen molar-refractivity contribution in [3.63, 3.8) is 0 Å². The average Bonchev–Trinajstić information content (AvgIpc) is 2.82. The van der Waals surface area contributed by atoms with Crippen LogP contribution in [0.1, 0.15) is 0 Å². The van der Waals surface area contributed by atoms with Crippen LogP contribution in [0.25, 0.3) is 0 Å². The van der Waals surface area contributed by atoms with E-state index in [9.17, 15) is 56.2 Å². The van der Waals surface area contributed by atoms with Crippen LogP contribution < -0.4 is 0 Å². The average molecular weight is 504 g/mol. The van der Waals surface area contributed by atoms with Crippen molar-refractivity contribution in [2.45, 2.75) is 92.1 Å². The highest BCUT2D eigenvalue weighted by atomic mass is 16.7. The minimum Gasteiger partial charge on any atom is -0.394 e. The smallest absolute Gasteiger partial charge is 0.187 e. The Balaban J connectivity index is 1.72. The molecule has 0 radical (unpaired) electrons. The number of rotatable bonds is 7. The monoisotopic (exact) mass is 504 g/mol. The highest BCUT2D eigenvalue weighted by molar-refractivity contribution is 4.94. The molecule has 3 aliphatic heterocycles. The zero-order valence-corrected chi connectivity index (χ0v) is 17.7. The predicted octanol–water partition coefficient (Wildman–Crippen LogP) is -7.57. The van der Waals surface area contributed by atoms with Gasteiger partial charge in [0.15, 0.2) is 18.9 Å². The van der Waals surface area contributed by atoms with Crippen LogP contribution in [0.5, 0.6) is 0 Å². The number of aliphatic hydroxyl groups excluding tert-OH is 11. The van der Waals surface area contributed by atoms with E-state index in [1.807, 2.05) is 0 Å². The van der Waals surface area contributed by atoms with Crippen molar-refractivity contribution in [3.8, 4) is 0 Å². The summed E-state index contributed by atoms with van der Waals surface area (Å²) in [5.41, 5.74) is 0. The Kier molecular flexibility index (Phi) is 9.54. The molecule has 0 aromatic carbocycles. The second-order valence-corrected chi connectivity index (χ2v) is 8.37.